The van der Waals surface area contributed by atoms with Crippen molar-refractivity contribution >= 4 is 15.9 Å². The van der Waals surface area contributed by atoms with Gasteiger partial charge in [-0.3, -0.25) is 4.68 Å². The molecule has 0 fully saturated rings. The van der Waals surface area contributed by atoms with Crippen LogP contribution in [0.2, 0.25) is 0 Å². The van der Waals surface area contributed by atoms with Gasteiger partial charge in [-0.1, -0.05) is 12.1 Å². The lowest BCUT2D eigenvalue weighted by molar-refractivity contribution is 0.289. The Morgan fingerprint density at radius 3 is 2.47 bits per heavy atom. The molecule has 2 aromatic rings. The minimum Gasteiger partial charge on any atom is -0.492 e. The van der Waals surface area contributed by atoms with Crippen molar-refractivity contribution < 1.29 is 4.74 Å². The van der Waals surface area contributed by atoms with E-state index in [1.54, 1.807) is 0 Å². The summed E-state index contributed by atoms with van der Waals surface area (Å²) < 4.78 is 8.72. The first-order valence-electron chi connectivity index (χ1n) is 6.23. The highest BCUT2D eigenvalue weighted by molar-refractivity contribution is 9.10. The molecule has 1 aromatic carbocycles. The zero-order valence-electron chi connectivity index (χ0n) is 11.2. The molecule has 4 nitrogen and oxygen atoms in total. The number of hydrogen-bond acceptors (Lipinski definition) is 3. The lowest BCUT2D eigenvalue weighted by Crippen LogP contribution is -2.11. The lowest BCUT2D eigenvalue weighted by atomic mass is 10.2. The lowest BCUT2D eigenvalue weighted by Gasteiger charge is -2.08. The molecule has 0 spiro atoms. The van der Waals surface area contributed by atoms with Gasteiger partial charge < -0.3 is 10.5 Å². The van der Waals surface area contributed by atoms with Crippen LogP contribution in [0.4, 0.5) is 0 Å². The normalized spacial score (nSPS) is 10.7. The number of nitrogens with two attached hydrogens (primary N) is 1. The number of aryl methyl sites for hydroxylation is 1. The maximum Gasteiger partial charge on any atom is 0.119 e. The van der Waals surface area contributed by atoms with Crippen LogP contribution in [0.25, 0.3) is 0 Å². The molecule has 19 heavy (non-hydrogen) atoms. The Balaban J connectivity index is 1.90. The summed E-state index contributed by atoms with van der Waals surface area (Å²) in [6.07, 6.45) is 0. The third-order valence-electron chi connectivity index (χ3n) is 3.02. The Kier molecular flexibility index (Phi) is 4.61. The zero-order chi connectivity index (χ0) is 13.8. The van der Waals surface area contributed by atoms with Crippen LogP contribution in [-0.2, 0) is 13.1 Å². The molecule has 0 aliphatic heterocycles. The highest BCUT2D eigenvalue weighted by Gasteiger charge is 2.08. The van der Waals surface area contributed by atoms with Crippen molar-refractivity contribution in [2.75, 3.05) is 6.61 Å². The zero-order valence-corrected chi connectivity index (χ0v) is 12.8. The number of halogens is 1. The van der Waals surface area contributed by atoms with Crippen LogP contribution in [0.5, 0.6) is 5.75 Å². The van der Waals surface area contributed by atoms with Crippen LogP contribution in [0, 0.1) is 13.8 Å². The van der Waals surface area contributed by atoms with E-state index < -0.39 is 0 Å². The van der Waals surface area contributed by atoms with E-state index in [1.165, 1.54) is 0 Å². The van der Waals surface area contributed by atoms with Gasteiger partial charge in [-0.25, -0.2) is 0 Å². The number of ether oxygens (including phenoxy) is 1. The van der Waals surface area contributed by atoms with E-state index in [9.17, 15) is 0 Å². The average molecular weight is 324 g/mol. The molecule has 2 N–H and O–H groups in total. The maximum absolute atomic E-state index is 5.70. The summed E-state index contributed by atoms with van der Waals surface area (Å²) in [5.74, 6) is 0.859. The number of hydrogen-bond donors (Lipinski definition) is 1. The molecule has 0 saturated carbocycles. The third-order valence-corrected chi connectivity index (χ3v) is 4.17. The molecule has 0 atom stereocenters. The second-order valence-corrected chi connectivity index (χ2v) is 5.20. The van der Waals surface area contributed by atoms with E-state index in [0.29, 0.717) is 13.2 Å². The van der Waals surface area contributed by atoms with Crippen molar-refractivity contribution in [3.8, 4) is 5.75 Å². The molecular weight excluding hydrogens is 306 g/mol. The summed E-state index contributed by atoms with van der Waals surface area (Å²) in [6, 6.07) is 7.85. The highest BCUT2D eigenvalue weighted by Crippen LogP contribution is 2.19. The fourth-order valence-corrected chi connectivity index (χ4v) is 2.15. The fraction of sp³-hybridized carbons (Fsp3) is 0.357. The van der Waals surface area contributed by atoms with Crippen LogP contribution in [0.15, 0.2) is 28.7 Å². The van der Waals surface area contributed by atoms with Gasteiger partial charge in [-0.05, 0) is 47.5 Å². The molecule has 1 aromatic heterocycles. The number of rotatable bonds is 5. The molecule has 0 aliphatic rings. The largest absolute Gasteiger partial charge is 0.492 e. The maximum atomic E-state index is 5.70. The molecule has 0 saturated heterocycles. The predicted octanol–water partition coefficient (Wildman–Crippen LogP) is 2.80. The van der Waals surface area contributed by atoms with Gasteiger partial charge in [0.15, 0.2) is 0 Å². The molecule has 5 heteroatoms. The minimum absolute atomic E-state index is 0.556. The molecule has 0 amide bonds. The van der Waals surface area contributed by atoms with Crippen LogP contribution in [-0.4, -0.2) is 16.4 Å². The van der Waals surface area contributed by atoms with E-state index in [0.717, 1.165) is 33.7 Å². The summed E-state index contributed by atoms with van der Waals surface area (Å²) in [4.78, 5) is 0. The van der Waals surface area contributed by atoms with Crippen LogP contribution in [0.3, 0.4) is 0 Å². The minimum atomic E-state index is 0.556. The summed E-state index contributed by atoms with van der Waals surface area (Å²) in [6.45, 7) is 5.91. The average Bonchev–Trinajstić information content (AvgIpc) is 2.67. The Morgan fingerprint density at radius 2 is 1.95 bits per heavy atom. The van der Waals surface area contributed by atoms with Gasteiger partial charge in [0.1, 0.15) is 12.4 Å². The van der Waals surface area contributed by atoms with Gasteiger partial charge in [0.05, 0.1) is 16.7 Å². The first-order valence-corrected chi connectivity index (χ1v) is 7.02. The van der Waals surface area contributed by atoms with Crippen molar-refractivity contribution in [3.63, 3.8) is 0 Å². The first kappa shape index (κ1) is 14.1. The van der Waals surface area contributed by atoms with Gasteiger partial charge >= 0.3 is 0 Å². The molecule has 1 heterocycles. The van der Waals surface area contributed by atoms with E-state index in [4.69, 9.17) is 10.5 Å². The van der Waals surface area contributed by atoms with E-state index in [1.807, 2.05) is 42.8 Å². The van der Waals surface area contributed by atoms with Crippen LogP contribution < -0.4 is 10.5 Å². The third kappa shape index (κ3) is 3.36. The monoisotopic (exact) mass is 323 g/mol. The van der Waals surface area contributed by atoms with Crippen molar-refractivity contribution in [2.24, 2.45) is 5.73 Å². The smallest absolute Gasteiger partial charge is 0.119 e. The SMILES string of the molecule is Cc1nn(CCOc2ccc(CN)cc2)c(C)c1Br. The summed E-state index contributed by atoms with van der Waals surface area (Å²) in [5.41, 5.74) is 8.79. The van der Waals surface area contributed by atoms with E-state index in [-0.39, 0.29) is 0 Å². The standard InChI is InChI=1S/C14H18BrN3O/c1-10-14(15)11(2)18(17-10)7-8-19-13-5-3-12(9-16)4-6-13/h3-6H,7-9,16H2,1-2H3. The molecule has 2 rings (SSSR count). The van der Waals surface area contributed by atoms with Gasteiger partial charge in [-0.2, -0.15) is 5.10 Å². The Morgan fingerprint density at radius 1 is 1.26 bits per heavy atom. The first-order chi connectivity index (χ1) is 9.11. The molecule has 0 radical (unpaired) electrons. The van der Waals surface area contributed by atoms with Crippen molar-refractivity contribution in [1.29, 1.82) is 0 Å². The van der Waals surface area contributed by atoms with Crippen molar-refractivity contribution in [2.45, 2.75) is 26.9 Å². The molecule has 0 unspecified atom stereocenters. The Hall–Kier alpha value is -1.33. The summed E-state index contributed by atoms with van der Waals surface area (Å²) in [5, 5.41) is 4.44. The van der Waals surface area contributed by atoms with Gasteiger partial charge in [0.25, 0.3) is 0 Å². The summed E-state index contributed by atoms with van der Waals surface area (Å²) >= 11 is 3.52. The number of aromatic nitrogens is 2. The quantitative estimate of drug-likeness (QED) is 0.920. The second-order valence-electron chi connectivity index (χ2n) is 4.40. The van der Waals surface area contributed by atoms with Gasteiger partial charge in [-0.15, -0.1) is 0 Å². The molecular formula is C14H18BrN3O. The fourth-order valence-electron chi connectivity index (χ4n) is 1.86. The number of benzene rings is 1. The van der Waals surface area contributed by atoms with Crippen LogP contribution in [0.1, 0.15) is 17.0 Å². The Bertz CT molecular complexity index is 549. The van der Waals surface area contributed by atoms with Gasteiger partial charge in [0, 0.05) is 12.2 Å². The van der Waals surface area contributed by atoms with E-state index in [2.05, 4.69) is 21.0 Å². The van der Waals surface area contributed by atoms with Gasteiger partial charge in [0.2, 0.25) is 0 Å². The molecule has 102 valence electrons. The molecule has 0 aliphatic carbocycles. The predicted molar refractivity (Wildman–Crippen MR) is 79.2 cm³/mol. The van der Waals surface area contributed by atoms with E-state index >= 15 is 0 Å². The Labute approximate surface area is 121 Å². The highest BCUT2D eigenvalue weighted by atomic mass is 79.9. The summed E-state index contributed by atoms with van der Waals surface area (Å²) in [7, 11) is 0. The number of nitrogens with zero attached hydrogens (tertiary/aromatic N) is 2. The van der Waals surface area contributed by atoms with Crippen molar-refractivity contribution in [3.05, 3.63) is 45.7 Å². The second kappa shape index (κ2) is 6.21. The van der Waals surface area contributed by atoms with Crippen LogP contribution >= 0.6 is 15.9 Å². The topological polar surface area (TPSA) is 53.1 Å². The molecule has 0 bridgehead atoms. The van der Waals surface area contributed by atoms with Crippen molar-refractivity contribution in [1.82, 2.24) is 9.78 Å².